The van der Waals surface area contributed by atoms with Gasteiger partial charge in [0.05, 0.1) is 33.4 Å². The molecule has 3 heterocycles. The van der Waals surface area contributed by atoms with Gasteiger partial charge < -0.3 is 4.90 Å². The monoisotopic (exact) mass is 524 g/mol. The Bertz CT molecular complexity index is 1650. The van der Waals surface area contributed by atoms with Crippen LogP contribution < -0.4 is 4.90 Å². The second-order valence-corrected chi connectivity index (χ2v) is 9.74. The van der Waals surface area contributed by atoms with E-state index in [-0.39, 0.29) is 22.6 Å². The number of non-ortho nitro benzene ring substituents is 2. The summed E-state index contributed by atoms with van der Waals surface area (Å²) < 4.78 is 0. The van der Waals surface area contributed by atoms with E-state index >= 15 is 0 Å². The van der Waals surface area contributed by atoms with Crippen LogP contribution in [0.1, 0.15) is 33.1 Å². The van der Waals surface area contributed by atoms with Gasteiger partial charge in [-0.15, -0.1) is 0 Å². The first kappa shape index (κ1) is 24.2. The topological polar surface area (TPSA) is 144 Å². The van der Waals surface area contributed by atoms with Crippen molar-refractivity contribution in [2.24, 2.45) is 11.8 Å². The molecule has 3 aliphatic rings. The van der Waals surface area contributed by atoms with Crippen LogP contribution in [0.4, 0.5) is 17.1 Å². The van der Waals surface area contributed by atoms with Crippen LogP contribution >= 0.6 is 0 Å². The first-order chi connectivity index (χ1) is 18.7. The molecule has 1 unspecified atom stereocenters. The molecule has 0 bridgehead atoms. The van der Waals surface area contributed by atoms with Gasteiger partial charge in [0.1, 0.15) is 6.04 Å². The van der Waals surface area contributed by atoms with Gasteiger partial charge in [0.15, 0.2) is 5.78 Å². The van der Waals surface area contributed by atoms with Gasteiger partial charge in [-0.2, -0.15) is 0 Å². The zero-order valence-corrected chi connectivity index (χ0v) is 20.5. The van der Waals surface area contributed by atoms with E-state index in [1.807, 2.05) is 30.3 Å². The van der Waals surface area contributed by atoms with Crippen LogP contribution in [0.25, 0.3) is 6.08 Å². The minimum atomic E-state index is -1.09. The third-order valence-corrected chi connectivity index (χ3v) is 7.70. The first-order valence-electron chi connectivity index (χ1n) is 12.1. The third-order valence-electron chi connectivity index (χ3n) is 7.70. The fourth-order valence-corrected chi connectivity index (χ4v) is 6.04. The number of nitro benzene ring substituents is 2. The molecule has 0 aliphatic carbocycles. The predicted octanol–water partition coefficient (Wildman–Crippen LogP) is 4.21. The summed E-state index contributed by atoms with van der Waals surface area (Å²) in [5.74, 6) is -3.59. The molecule has 2 fully saturated rings. The SMILES string of the molecule is Cc1cc([N+](=O)[O-])ccc1N1C(=O)[C@@H]2[C@H](C1=O)C1c3ccccc3C=CN1[C@@H]2C(=O)c1cccc([N+](=O)[O-])c1. The Morgan fingerprint density at radius 3 is 2.26 bits per heavy atom. The van der Waals surface area contributed by atoms with Crippen molar-refractivity contribution in [3.05, 3.63) is 115 Å². The molecule has 6 rings (SSSR count). The second kappa shape index (κ2) is 8.69. The average molecular weight is 524 g/mol. The van der Waals surface area contributed by atoms with Gasteiger partial charge in [0.25, 0.3) is 11.4 Å². The molecule has 0 radical (unpaired) electrons. The molecule has 2 saturated heterocycles. The van der Waals surface area contributed by atoms with Gasteiger partial charge in [0.2, 0.25) is 11.8 Å². The number of Topliss-reactive ketones (excluding diaryl/α,β-unsaturated/α-hetero) is 1. The highest BCUT2D eigenvalue weighted by atomic mass is 16.6. The third kappa shape index (κ3) is 3.54. The molecule has 3 aromatic rings. The highest BCUT2D eigenvalue weighted by Crippen LogP contribution is 2.54. The minimum Gasteiger partial charge on any atom is -0.358 e. The van der Waals surface area contributed by atoms with Gasteiger partial charge in [-0.1, -0.05) is 36.4 Å². The summed E-state index contributed by atoms with van der Waals surface area (Å²) in [6.45, 7) is 1.58. The second-order valence-electron chi connectivity index (χ2n) is 9.74. The molecule has 2 amide bonds. The molecule has 11 heteroatoms. The Kier molecular flexibility index (Phi) is 5.38. The van der Waals surface area contributed by atoms with Gasteiger partial charge in [-0.25, -0.2) is 4.90 Å². The molecular formula is C28H20N4O7. The lowest BCUT2D eigenvalue weighted by atomic mass is 9.83. The lowest BCUT2D eigenvalue weighted by Gasteiger charge is -2.35. The van der Waals surface area contributed by atoms with E-state index in [0.717, 1.165) is 16.0 Å². The summed E-state index contributed by atoms with van der Waals surface area (Å²) in [6.07, 6.45) is 3.51. The maximum atomic E-state index is 14.0. The number of benzene rings is 3. The summed E-state index contributed by atoms with van der Waals surface area (Å²) in [4.78, 5) is 66.1. The zero-order chi connectivity index (χ0) is 27.6. The first-order valence-corrected chi connectivity index (χ1v) is 12.1. The molecule has 0 spiro atoms. The van der Waals surface area contributed by atoms with Gasteiger partial charge in [0, 0.05) is 36.0 Å². The van der Waals surface area contributed by atoms with Crippen LogP contribution in [-0.2, 0) is 9.59 Å². The Balaban J connectivity index is 1.49. The van der Waals surface area contributed by atoms with Crippen molar-refractivity contribution in [2.75, 3.05) is 4.90 Å². The van der Waals surface area contributed by atoms with Crippen molar-refractivity contribution in [3.8, 4) is 0 Å². The molecule has 0 saturated carbocycles. The number of anilines is 1. The summed E-state index contributed by atoms with van der Waals surface area (Å²) in [5, 5.41) is 22.6. The number of hydrogen-bond acceptors (Lipinski definition) is 8. The molecule has 39 heavy (non-hydrogen) atoms. The van der Waals surface area contributed by atoms with Crippen molar-refractivity contribution < 1.29 is 24.2 Å². The van der Waals surface area contributed by atoms with Crippen LogP contribution in [0.2, 0.25) is 0 Å². The summed E-state index contributed by atoms with van der Waals surface area (Å²) in [6, 6.07) is 14.9. The number of nitrogens with zero attached hydrogens (tertiary/aromatic N) is 4. The standard InChI is InChI=1S/C28H20N4O7/c1-15-13-19(32(38)39)9-10-21(15)30-27(34)22-23(28(30)35)25(26(33)17-6-4-7-18(14-17)31(36)37)29-12-11-16-5-2-3-8-20(16)24(22)29/h2-14,22-25H,1H3/t22-,23+,24?,25-/m0/s1. The van der Waals surface area contributed by atoms with Crippen molar-refractivity contribution in [1.29, 1.82) is 0 Å². The van der Waals surface area contributed by atoms with Crippen molar-refractivity contribution >= 4 is 40.7 Å². The smallest absolute Gasteiger partial charge is 0.270 e. The minimum absolute atomic E-state index is 0.0612. The summed E-state index contributed by atoms with van der Waals surface area (Å²) >= 11 is 0. The largest absolute Gasteiger partial charge is 0.358 e. The molecule has 194 valence electrons. The number of amides is 2. The predicted molar refractivity (Wildman–Crippen MR) is 139 cm³/mol. The van der Waals surface area contributed by atoms with Crippen LogP contribution in [0.3, 0.4) is 0 Å². The number of aryl methyl sites for hydroxylation is 1. The van der Waals surface area contributed by atoms with Gasteiger partial charge >= 0.3 is 0 Å². The lowest BCUT2D eigenvalue weighted by Crippen LogP contribution is -2.44. The maximum Gasteiger partial charge on any atom is 0.270 e. The van der Waals surface area contributed by atoms with Crippen molar-refractivity contribution in [2.45, 2.75) is 19.0 Å². The van der Waals surface area contributed by atoms with Crippen LogP contribution in [0, 0.1) is 39.0 Å². The van der Waals surface area contributed by atoms with E-state index in [0.29, 0.717) is 5.56 Å². The van der Waals surface area contributed by atoms with Crippen molar-refractivity contribution in [3.63, 3.8) is 0 Å². The molecule has 3 aliphatic heterocycles. The van der Waals surface area contributed by atoms with Crippen molar-refractivity contribution in [1.82, 2.24) is 4.90 Å². The lowest BCUT2D eigenvalue weighted by molar-refractivity contribution is -0.385. The Hall–Kier alpha value is -5.19. The number of nitro groups is 2. The van der Waals surface area contributed by atoms with E-state index < -0.39 is 51.4 Å². The summed E-state index contributed by atoms with van der Waals surface area (Å²) in [5.41, 5.74) is 1.85. The van der Waals surface area contributed by atoms with Crippen LogP contribution in [0.15, 0.2) is 72.9 Å². The Morgan fingerprint density at radius 2 is 1.54 bits per heavy atom. The number of fused-ring (bicyclic) bond motifs is 5. The van der Waals surface area contributed by atoms with Gasteiger partial charge in [-0.05, 0) is 35.8 Å². The van der Waals surface area contributed by atoms with E-state index in [1.165, 1.54) is 42.5 Å². The number of hydrogen-bond donors (Lipinski definition) is 0. The highest BCUT2D eigenvalue weighted by Gasteiger charge is 2.64. The molecule has 4 atom stereocenters. The maximum absolute atomic E-state index is 14.0. The average Bonchev–Trinajstić information content (AvgIpc) is 3.40. The molecule has 0 aromatic heterocycles. The molecule has 11 nitrogen and oxygen atoms in total. The van der Waals surface area contributed by atoms with E-state index in [2.05, 4.69) is 0 Å². The van der Waals surface area contributed by atoms with E-state index in [9.17, 15) is 34.6 Å². The number of ketones is 1. The van der Waals surface area contributed by atoms with Crippen LogP contribution in [0.5, 0.6) is 0 Å². The zero-order valence-electron chi connectivity index (χ0n) is 20.5. The Morgan fingerprint density at radius 1 is 0.846 bits per heavy atom. The molecular weight excluding hydrogens is 504 g/mol. The molecule has 0 N–H and O–H groups in total. The number of rotatable bonds is 5. The Labute approximate surface area is 221 Å². The van der Waals surface area contributed by atoms with E-state index in [4.69, 9.17) is 0 Å². The van der Waals surface area contributed by atoms with Gasteiger partial charge in [-0.3, -0.25) is 34.6 Å². The van der Waals surface area contributed by atoms with E-state index in [1.54, 1.807) is 18.0 Å². The fourth-order valence-electron chi connectivity index (χ4n) is 6.04. The summed E-state index contributed by atoms with van der Waals surface area (Å²) in [7, 11) is 0. The number of carbonyl (C=O) groups excluding carboxylic acids is 3. The molecule has 3 aromatic carbocycles. The number of carbonyl (C=O) groups is 3. The van der Waals surface area contributed by atoms with Crippen LogP contribution in [-0.4, -0.2) is 38.4 Å². The quantitative estimate of drug-likeness (QED) is 0.209. The normalized spacial score (nSPS) is 22.9. The fraction of sp³-hybridized carbons (Fsp3) is 0.179. The number of imide groups is 1. The highest BCUT2D eigenvalue weighted by molar-refractivity contribution is 6.25.